The Morgan fingerprint density at radius 3 is 2.81 bits per heavy atom. The first-order chi connectivity index (χ1) is 12.5. The molecule has 0 aromatic heterocycles. The second-order valence-electron chi connectivity index (χ2n) is 5.57. The van der Waals surface area contributed by atoms with Gasteiger partial charge in [-0.05, 0) is 43.0 Å². The van der Waals surface area contributed by atoms with Gasteiger partial charge in [0.25, 0.3) is 5.91 Å². The summed E-state index contributed by atoms with van der Waals surface area (Å²) in [4.78, 5) is 24.9. The van der Waals surface area contributed by atoms with Crippen LogP contribution < -0.4 is 14.6 Å². The van der Waals surface area contributed by atoms with Gasteiger partial charge in [-0.25, -0.2) is 0 Å². The Balaban J connectivity index is 2.15. The number of hydrogen-bond acceptors (Lipinski definition) is 7. The Bertz CT molecular complexity index is 732. The number of thiocarbonyl (C=S) groups is 1. The maximum absolute atomic E-state index is 12.5. The molecule has 0 atom stereocenters. The van der Waals surface area contributed by atoms with Crippen molar-refractivity contribution in [1.82, 2.24) is 4.90 Å². The van der Waals surface area contributed by atoms with Gasteiger partial charge in [0.15, 0.2) is 11.5 Å². The lowest BCUT2D eigenvalue weighted by atomic mass is 10.2. The number of rotatable bonds is 9. The predicted octanol–water partition coefficient (Wildman–Crippen LogP) is 2.22. The van der Waals surface area contributed by atoms with Crippen LogP contribution in [0.4, 0.5) is 0 Å². The lowest BCUT2D eigenvalue weighted by molar-refractivity contribution is -0.305. The molecule has 1 amide bonds. The van der Waals surface area contributed by atoms with Crippen LogP contribution in [0.2, 0.25) is 0 Å². The number of carbonyl (C=O) groups excluding carboxylic acids is 2. The Morgan fingerprint density at radius 2 is 2.15 bits per heavy atom. The summed E-state index contributed by atoms with van der Waals surface area (Å²) in [6, 6.07) is 5.44. The van der Waals surface area contributed by atoms with Crippen LogP contribution in [0.1, 0.15) is 31.7 Å². The van der Waals surface area contributed by atoms with Crippen molar-refractivity contribution < 1.29 is 24.2 Å². The maximum atomic E-state index is 12.5. The highest BCUT2D eigenvalue weighted by atomic mass is 32.2. The van der Waals surface area contributed by atoms with Crippen LogP contribution in [-0.4, -0.2) is 41.4 Å². The molecule has 1 aliphatic heterocycles. The number of thioether (sulfide) groups is 1. The van der Waals surface area contributed by atoms with E-state index in [0.717, 1.165) is 12.0 Å². The fourth-order valence-corrected chi connectivity index (χ4v) is 3.64. The Morgan fingerprint density at radius 1 is 1.38 bits per heavy atom. The summed E-state index contributed by atoms with van der Waals surface area (Å²) in [5.74, 6) is -0.105. The molecule has 0 N–H and O–H groups in total. The van der Waals surface area contributed by atoms with Gasteiger partial charge >= 0.3 is 0 Å². The molecule has 0 saturated carbocycles. The van der Waals surface area contributed by atoms with Crippen LogP contribution >= 0.6 is 24.0 Å². The van der Waals surface area contributed by atoms with Crippen LogP contribution in [0, 0.1) is 0 Å². The van der Waals surface area contributed by atoms with Crippen molar-refractivity contribution in [3.05, 3.63) is 28.7 Å². The minimum Gasteiger partial charge on any atom is -0.550 e. The molecule has 0 spiro atoms. The summed E-state index contributed by atoms with van der Waals surface area (Å²) in [7, 11) is 1.57. The topological polar surface area (TPSA) is 78.9 Å². The maximum Gasteiger partial charge on any atom is 0.266 e. The van der Waals surface area contributed by atoms with Gasteiger partial charge in [-0.2, -0.15) is 0 Å². The van der Waals surface area contributed by atoms with Crippen molar-refractivity contribution in [3.63, 3.8) is 0 Å². The zero-order chi connectivity index (χ0) is 19.1. The number of methoxy groups -OCH3 is 1. The summed E-state index contributed by atoms with van der Waals surface area (Å²) >= 11 is 6.43. The molecule has 1 aliphatic rings. The normalized spacial score (nSPS) is 15.6. The van der Waals surface area contributed by atoms with Gasteiger partial charge in [0.05, 0.1) is 18.6 Å². The van der Waals surface area contributed by atoms with Gasteiger partial charge in [0.2, 0.25) is 0 Å². The van der Waals surface area contributed by atoms with Gasteiger partial charge < -0.3 is 19.4 Å². The number of carboxylic acids is 1. The monoisotopic (exact) mass is 394 g/mol. The van der Waals surface area contributed by atoms with E-state index in [1.807, 2.05) is 19.1 Å². The van der Waals surface area contributed by atoms with E-state index in [4.69, 9.17) is 21.7 Å². The summed E-state index contributed by atoms with van der Waals surface area (Å²) in [6.45, 7) is 2.85. The molecule has 1 saturated heterocycles. The van der Waals surface area contributed by atoms with Crippen molar-refractivity contribution >= 4 is 46.3 Å². The number of carboxylic acid groups (broad SMARTS) is 1. The molecule has 0 aliphatic carbocycles. The van der Waals surface area contributed by atoms with Gasteiger partial charge in [0, 0.05) is 12.5 Å². The number of aliphatic carboxylic acids is 1. The first-order valence-corrected chi connectivity index (χ1v) is 9.44. The number of nitrogens with zero attached hydrogens (tertiary/aromatic N) is 1. The smallest absolute Gasteiger partial charge is 0.266 e. The molecule has 1 fully saturated rings. The highest BCUT2D eigenvalue weighted by Crippen LogP contribution is 2.34. The number of amides is 1. The van der Waals surface area contributed by atoms with E-state index >= 15 is 0 Å². The van der Waals surface area contributed by atoms with Crippen LogP contribution in [-0.2, 0) is 9.59 Å². The van der Waals surface area contributed by atoms with Gasteiger partial charge in [-0.3, -0.25) is 9.69 Å². The van der Waals surface area contributed by atoms with E-state index < -0.39 is 5.97 Å². The number of benzene rings is 1. The third kappa shape index (κ3) is 5.22. The first kappa shape index (κ1) is 20.3. The number of carbonyl (C=O) groups is 2. The molecule has 0 unspecified atom stereocenters. The third-order valence-corrected chi connectivity index (χ3v) is 4.96. The SMILES string of the molecule is CCCOc1cc(/C=C2\SC(=S)N(CCCC(=O)[O-])C2=O)ccc1OC. The fraction of sp³-hybridized carbons (Fsp3) is 0.389. The molecule has 0 radical (unpaired) electrons. The van der Waals surface area contributed by atoms with E-state index in [2.05, 4.69) is 0 Å². The Labute approximate surface area is 162 Å². The summed E-state index contributed by atoms with van der Waals surface area (Å²) in [5, 5.41) is 10.5. The second kappa shape index (κ2) is 9.59. The Hall–Kier alpha value is -2.06. The van der Waals surface area contributed by atoms with Gasteiger partial charge in [0.1, 0.15) is 4.32 Å². The first-order valence-electron chi connectivity index (χ1n) is 8.22. The van der Waals surface area contributed by atoms with Crippen molar-refractivity contribution in [2.24, 2.45) is 0 Å². The molecule has 1 aromatic carbocycles. The van der Waals surface area contributed by atoms with Crippen molar-refractivity contribution in [2.45, 2.75) is 26.2 Å². The molecular weight excluding hydrogens is 374 g/mol. The predicted molar refractivity (Wildman–Crippen MR) is 103 cm³/mol. The van der Waals surface area contributed by atoms with E-state index in [9.17, 15) is 14.7 Å². The average Bonchev–Trinajstić information content (AvgIpc) is 2.87. The van der Waals surface area contributed by atoms with Gasteiger partial charge in [-0.1, -0.05) is 37.0 Å². The van der Waals surface area contributed by atoms with Crippen molar-refractivity contribution in [2.75, 3.05) is 20.3 Å². The highest BCUT2D eigenvalue weighted by molar-refractivity contribution is 8.26. The average molecular weight is 394 g/mol. The third-order valence-electron chi connectivity index (χ3n) is 3.58. The standard InChI is InChI=1S/C18H21NO5S2/c1-3-9-24-14-10-12(6-7-13(14)23-2)11-15-17(22)19(18(25)26-15)8-4-5-16(20)21/h6-7,10-11H,3-5,8-9H2,1-2H3,(H,20,21)/p-1/b15-11-. The zero-order valence-corrected chi connectivity index (χ0v) is 16.3. The minimum absolute atomic E-state index is 0.104. The highest BCUT2D eigenvalue weighted by Gasteiger charge is 2.31. The molecule has 0 bridgehead atoms. The van der Waals surface area contributed by atoms with Crippen LogP contribution in [0.15, 0.2) is 23.1 Å². The van der Waals surface area contributed by atoms with E-state index in [0.29, 0.717) is 33.8 Å². The lowest BCUT2D eigenvalue weighted by Gasteiger charge is -2.14. The van der Waals surface area contributed by atoms with Crippen molar-refractivity contribution in [1.29, 1.82) is 0 Å². The summed E-state index contributed by atoms with van der Waals surface area (Å²) < 4.78 is 11.4. The summed E-state index contributed by atoms with van der Waals surface area (Å²) in [5.41, 5.74) is 0.798. The van der Waals surface area contributed by atoms with E-state index in [1.54, 1.807) is 19.3 Å². The molecule has 6 nitrogen and oxygen atoms in total. The molecule has 140 valence electrons. The molecule has 8 heteroatoms. The molecule has 26 heavy (non-hydrogen) atoms. The molecular formula is C18H20NO5S2-. The largest absolute Gasteiger partial charge is 0.550 e. The zero-order valence-electron chi connectivity index (χ0n) is 14.6. The second-order valence-corrected chi connectivity index (χ2v) is 7.24. The quantitative estimate of drug-likeness (QED) is 0.469. The molecule has 1 heterocycles. The van der Waals surface area contributed by atoms with Crippen LogP contribution in [0.25, 0.3) is 6.08 Å². The number of ether oxygens (including phenoxy) is 2. The Kier molecular flexibility index (Phi) is 7.47. The van der Waals surface area contributed by atoms with Crippen LogP contribution in [0.3, 0.4) is 0 Å². The van der Waals surface area contributed by atoms with Gasteiger partial charge in [-0.15, -0.1) is 0 Å². The molecule has 1 aromatic rings. The van der Waals surface area contributed by atoms with E-state index in [-0.39, 0.29) is 18.9 Å². The minimum atomic E-state index is -1.14. The summed E-state index contributed by atoms with van der Waals surface area (Å²) in [6.07, 6.45) is 2.82. The fourth-order valence-electron chi connectivity index (χ4n) is 2.33. The lowest BCUT2D eigenvalue weighted by Crippen LogP contribution is -2.30. The van der Waals surface area contributed by atoms with E-state index in [1.165, 1.54) is 16.7 Å². The molecule has 2 rings (SSSR count). The van der Waals surface area contributed by atoms with Crippen molar-refractivity contribution in [3.8, 4) is 11.5 Å². The van der Waals surface area contributed by atoms with Crippen LogP contribution in [0.5, 0.6) is 11.5 Å². The number of hydrogen-bond donors (Lipinski definition) is 0.